The van der Waals surface area contributed by atoms with E-state index in [9.17, 15) is 0 Å². The standard InChI is InChI=1S/C16H9Cl/c1-2-14-9-6-10-15(16(14)17)12-11-13-7-4-3-5-8-13/h1,3-10H. The Hall–Kier alpha value is -2.15. The second-order valence-corrected chi connectivity index (χ2v) is 3.81. The van der Waals surface area contributed by atoms with E-state index in [0.29, 0.717) is 10.6 Å². The minimum Gasteiger partial charge on any atom is -0.115 e. The van der Waals surface area contributed by atoms with Gasteiger partial charge < -0.3 is 0 Å². The smallest absolute Gasteiger partial charge is 0.0718 e. The molecule has 2 rings (SSSR count). The summed E-state index contributed by atoms with van der Waals surface area (Å²) in [6, 6.07) is 15.3. The van der Waals surface area contributed by atoms with Crippen LogP contribution in [0.5, 0.6) is 0 Å². The second-order valence-electron chi connectivity index (χ2n) is 3.43. The minimum absolute atomic E-state index is 0.540. The summed E-state index contributed by atoms with van der Waals surface area (Å²) in [6.07, 6.45) is 5.34. The molecule has 0 N–H and O–H groups in total. The van der Waals surface area contributed by atoms with Crippen LogP contribution in [0, 0.1) is 24.2 Å². The van der Waals surface area contributed by atoms with Gasteiger partial charge in [-0.05, 0) is 24.3 Å². The zero-order chi connectivity index (χ0) is 12.1. The number of terminal acetylenes is 1. The van der Waals surface area contributed by atoms with Crippen LogP contribution in [-0.4, -0.2) is 0 Å². The van der Waals surface area contributed by atoms with Crippen molar-refractivity contribution in [2.75, 3.05) is 0 Å². The van der Waals surface area contributed by atoms with E-state index in [2.05, 4.69) is 17.8 Å². The molecule has 0 aliphatic heterocycles. The van der Waals surface area contributed by atoms with Crippen molar-refractivity contribution in [1.29, 1.82) is 0 Å². The van der Waals surface area contributed by atoms with Crippen LogP contribution in [0.25, 0.3) is 0 Å². The monoisotopic (exact) mass is 236 g/mol. The molecule has 0 radical (unpaired) electrons. The Morgan fingerprint density at radius 3 is 2.24 bits per heavy atom. The highest BCUT2D eigenvalue weighted by Crippen LogP contribution is 2.19. The minimum atomic E-state index is 0.540. The molecular weight excluding hydrogens is 228 g/mol. The van der Waals surface area contributed by atoms with E-state index in [1.54, 1.807) is 6.07 Å². The first-order chi connectivity index (χ1) is 8.31. The van der Waals surface area contributed by atoms with Gasteiger partial charge in [0.25, 0.3) is 0 Å². The number of rotatable bonds is 0. The maximum Gasteiger partial charge on any atom is 0.0718 e. The van der Waals surface area contributed by atoms with Gasteiger partial charge in [-0.2, -0.15) is 0 Å². The first-order valence-electron chi connectivity index (χ1n) is 5.13. The number of hydrogen-bond acceptors (Lipinski definition) is 0. The van der Waals surface area contributed by atoms with E-state index in [1.807, 2.05) is 42.5 Å². The second kappa shape index (κ2) is 5.26. The summed E-state index contributed by atoms with van der Waals surface area (Å²) in [5.41, 5.74) is 2.38. The van der Waals surface area contributed by atoms with E-state index in [-0.39, 0.29) is 0 Å². The van der Waals surface area contributed by atoms with Crippen molar-refractivity contribution in [3.8, 4) is 24.2 Å². The number of halogens is 1. The molecule has 0 aliphatic carbocycles. The van der Waals surface area contributed by atoms with Crippen LogP contribution >= 0.6 is 11.6 Å². The molecule has 0 bridgehead atoms. The maximum atomic E-state index is 6.13. The highest BCUT2D eigenvalue weighted by atomic mass is 35.5. The molecule has 0 spiro atoms. The Morgan fingerprint density at radius 2 is 1.53 bits per heavy atom. The van der Waals surface area contributed by atoms with Gasteiger partial charge in [0.15, 0.2) is 0 Å². The van der Waals surface area contributed by atoms with E-state index in [1.165, 1.54) is 0 Å². The van der Waals surface area contributed by atoms with Gasteiger partial charge in [0.2, 0.25) is 0 Å². The first kappa shape index (κ1) is 11.3. The predicted molar refractivity (Wildman–Crippen MR) is 71.8 cm³/mol. The summed E-state index contributed by atoms with van der Waals surface area (Å²) in [5.74, 6) is 8.61. The molecule has 2 aromatic carbocycles. The van der Waals surface area contributed by atoms with Crippen molar-refractivity contribution in [3.63, 3.8) is 0 Å². The van der Waals surface area contributed by atoms with Gasteiger partial charge in [-0.15, -0.1) is 6.42 Å². The van der Waals surface area contributed by atoms with Gasteiger partial charge in [0.1, 0.15) is 0 Å². The highest BCUT2D eigenvalue weighted by molar-refractivity contribution is 6.32. The Kier molecular flexibility index (Phi) is 3.51. The SMILES string of the molecule is C#Cc1cccc(C#Cc2ccccc2)c1Cl. The molecular formula is C16H9Cl. The van der Waals surface area contributed by atoms with Crippen LogP contribution in [0.15, 0.2) is 48.5 Å². The van der Waals surface area contributed by atoms with Crippen LogP contribution < -0.4 is 0 Å². The zero-order valence-corrected chi connectivity index (χ0v) is 9.83. The summed E-state index contributed by atoms with van der Waals surface area (Å²) in [5, 5.41) is 0.540. The molecule has 0 heterocycles. The number of hydrogen-bond donors (Lipinski definition) is 0. The van der Waals surface area contributed by atoms with Gasteiger partial charge in [0.05, 0.1) is 5.02 Å². The van der Waals surface area contributed by atoms with Crippen LogP contribution in [0.3, 0.4) is 0 Å². The Balaban J connectivity index is 2.39. The molecule has 0 saturated heterocycles. The zero-order valence-electron chi connectivity index (χ0n) is 9.07. The lowest BCUT2D eigenvalue weighted by atomic mass is 10.1. The average molecular weight is 237 g/mol. The molecule has 17 heavy (non-hydrogen) atoms. The van der Waals surface area contributed by atoms with Crippen molar-refractivity contribution in [3.05, 3.63) is 70.2 Å². The van der Waals surface area contributed by atoms with Crippen molar-refractivity contribution in [2.45, 2.75) is 0 Å². The summed E-state index contributed by atoms with van der Waals surface area (Å²) in [6.45, 7) is 0. The third-order valence-corrected chi connectivity index (χ3v) is 2.68. The summed E-state index contributed by atoms with van der Waals surface area (Å²) in [7, 11) is 0. The van der Waals surface area contributed by atoms with Crippen molar-refractivity contribution in [2.24, 2.45) is 0 Å². The maximum absolute atomic E-state index is 6.13. The Labute approximate surface area is 106 Å². The quantitative estimate of drug-likeness (QED) is 0.612. The molecule has 2 aromatic rings. The molecule has 0 unspecified atom stereocenters. The van der Waals surface area contributed by atoms with E-state index < -0.39 is 0 Å². The molecule has 1 heteroatoms. The van der Waals surface area contributed by atoms with Gasteiger partial charge in [-0.1, -0.05) is 53.6 Å². The summed E-state index contributed by atoms with van der Waals surface area (Å²) in [4.78, 5) is 0. The summed E-state index contributed by atoms with van der Waals surface area (Å²) < 4.78 is 0. The predicted octanol–water partition coefficient (Wildman–Crippen LogP) is 3.72. The van der Waals surface area contributed by atoms with E-state index in [4.69, 9.17) is 18.0 Å². The van der Waals surface area contributed by atoms with Crippen molar-refractivity contribution >= 4 is 11.6 Å². The van der Waals surface area contributed by atoms with Gasteiger partial charge in [-0.3, -0.25) is 0 Å². The molecule has 0 nitrogen and oxygen atoms in total. The molecule has 0 aliphatic rings. The molecule has 0 aromatic heterocycles. The van der Waals surface area contributed by atoms with Crippen molar-refractivity contribution < 1.29 is 0 Å². The van der Waals surface area contributed by atoms with E-state index >= 15 is 0 Å². The van der Waals surface area contributed by atoms with Gasteiger partial charge in [-0.25, -0.2) is 0 Å². The van der Waals surface area contributed by atoms with Crippen molar-refractivity contribution in [1.82, 2.24) is 0 Å². The van der Waals surface area contributed by atoms with Crippen LogP contribution in [0.1, 0.15) is 16.7 Å². The Morgan fingerprint density at radius 1 is 0.824 bits per heavy atom. The van der Waals surface area contributed by atoms with Gasteiger partial charge >= 0.3 is 0 Å². The fourth-order valence-corrected chi connectivity index (χ4v) is 1.63. The van der Waals surface area contributed by atoms with Gasteiger partial charge in [0, 0.05) is 16.7 Å². The van der Waals surface area contributed by atoms with Crippen LogP contribution in [0.2, 0.25) is 5.02 Å². The summed E-state index contributed by atoms with van der Waals surface area (Å²) >= 11 is 6.13. The first-order valence-corrected chi connectivity index (χ1v) is 5.51. The van der Waals surface area contributed by atoms with E-state index in [0.717, 1.165) is 11.1 Å². The lowest BCUT2D eigenvalue weighted by Gasteiger charge is -1.98. The fourth-order valence-electron chi connectivity index (χ4n) is 1.40. The third kappa shape index (κ3) is 2.70. The molecule has 0 fully saturated rings. The van der Waals surface area contributed by atoms with Crippen LogP contribution in [-0.2, 0) is 0 Å². The lowest BCUT2D eigenvalue weighted by molar-refractivity contribution is 1.59. The van der Waals surface area contributed by atoms with Crippen LogP contribution in [0.4, 0.5) is 0 Å². The highest BCUT2D eigenvalue weighted by Gasteiger charge is 2.00. The molecule has 0 saturated carbocycles. The lowest BCUT2D eigenvalue weighted by Crippen LogP contribution is -1.82. The molecule has 0 atom stereocenters. The fraction of sp³-hybridized carbons (Fsp3) is 0. The Bertz CT molecular complexity index is 622. The largest absolute Gasteiger partial charge is 0.115 e. The molecule has 0 amide bonds. The topological polar surface area (TPSA) is 0 Å². The number of benzene rings is 2. The average Bonchev–Trinajstić information content (AvgIpc) is 2.39. The normalized spacial score (nSPS) is 8.94. The molecule has 80 valence electrons. The third-order valence-electron chi connectivity index (χ3n) is 2.27.